The lowest BCUT2D eigenvalue weighted by Crippen LogP contribution is -2.32. The van der Waals surface area contributed by atoms with Crippen molar-refractivity contribution < 1.29 is 14.3 Å². The molecule has 1 atom stereocenters. The van der Waals surface area contributed by atoms with Gasteiger partial charge in [0.15, 0.2) is 6.61 Å². The maximum atomic E-state index is 12.5. The number of carbonyl (C=O) groups excluding carboxylic acids is 1. The van der Waals surface area contributed by atoms with Gasteiger partial charge in [-0.2, -0.15) is 0 Å². The van der Waals surface area contributed by atoms with Crippen LogP contribution in [0.25, 0.3) is 10.9 Å². The second-order valence-electron chi connectivity index (χ2n) is 7.16. The molecule has 0 aliphatic rings. The van der Waals surface area contributed by atoms with Gasteiger partial charge >= 0.3 is 0 Å². The third kappa shape index (κ3) is 5.09. The minimum Gasteiger partial charge on any atom is -0.497 e. The summed E-state index contributed by atoms with van der Waals surface area (Å²) >= 11 is 3.50. The predicted octanol–water partition coefficient (Wildman–Crippen LogP) is 5.27. The summed E-state index contributed by atoms with van der Waals surface area (Å²) < 4.78 is 11.8. The Morgan fingerprint density at radius 3 is 2.45 bits per heavy atom. The fraction of sp³-hybridized carbons (Fsp3) is 0.160. The van der Waals surface area contributed by atoms with E-state index in [2.05, 4.69) is 50.5 Å². The average Bonchev–Trinajstić information content (AvgIpc) is 3.23. The minimum atomic E-state index is -0.169. The number of hydrogen-bond donors (Lipinski definition) is 2. The summed E-state index contributed by atoms with van der Waals surface area (Å²) in [6.07, 6.45) is 2.03. The SMILES string of the molecule is COc1ccc(OCC(=O)NCC(c2ccc(Br)cc2)c2c[nH]c3ccccc23)cc1. The number of rotatable bonds is 8. The number of aromatic amines is 1. The van der Waals surface area contributed by atoms with Crippen LogP contribution < -0.4 is 14.8 Å². The Morgan fingerprint density at radius 2 is 1.71 bits per heavy atom. The fourth-order valence-electron chi connectivity index (χ4n) is 3.57. The Bertz CT molecular complexity index is 1150. The molecule has 1 amide bonds. The first-order valence-corrected chi connectivity index (χ1v) is 10.8. The molecule has 0 saturated carbocycles. The van der Waals surface area contributed by atoms with E-state index >= 15 is 0 Å². The normalized spacial score (nSPS) is 11.8. The van der Waals surface area contributed by atoms with Gasteiger partial charge in [-0.15, -0.1) is 0 Å². The molecule has 0 saturated heterocycles. The van der Waals surface area contributed by atoms with Crippen LogP contribution >= 0.6 is 15.9 Å². The number of benzene rings is 3. The zero-order valence-electron chi connectivity index (χ0n) is 17.1. The number of carbonyl (C=O) groups is 1. The molecule has 6 heteroatoms. The second kappa shape index (κ2) is 9.71. The molecular weight excluding hydrogens is 456 g/mol. The standard InChI is InChI=1S/C25H23BrN2O3/c1-30-19-10-12-20(13-11-19)31-16-25(29)28-14-22(17-6-8-18(26)9-7-17)23-15-27-24-5-3-2-4-21(23)24/h2-13,15,22,27H,14,16H2,1H3,(H,28,29). The summed E-state index contributed by atoms with van der Waals surface area (Å²) in [4.78, 5) is 15.8. The number of hydrogen-bond acceptors (Lipinski definition) is 3. The van der Waals surface area contributed by atoms with Gasteiger partial charge in [-0.1, -0.05) is 46.3 Å². The number of ether oxygens (including phenoxy) is 2. The minimum absolute atomic E-state index is 0.00851. The molecule has 31 heavy (non-hydrogen) atoms. The van der Waals surface area contributed by atoms with Crippen LogP contribution in [-0.4, -0.2) is 31.2 Å². The van der Waals surface area contributed by atoms with E-state index < -0.39 is 0 Å². The van der Waals surface area contributed by atoms with Crippen LogP contribution in [0.15, 0.2) is 83.5 Å². The van der Waals surface area contributed by atoms with Gasteiger partial charge in [0.25, 0.3) is 5.91 Å². The van der Waals surface area contributed by atoms with Crippen LogP contribution in [0.2, 0.25) is 0 Å². The molecule has 0 aliphatic carbocycles. The topological polar surface area (TPSA) is 63.4 Å². The Hall–Kier alpha value is -3.25. The quantitative estimate of drug-likeness (QED) is 0.362. The number of halogens is 1. The Balaban J connectivity index is 1.47. The van der Waals surface area contributed by atoms with Crippen LogP contribution in [0.1, 0.15) is 17.0 Å². The first kappa shape index (κ1) is 21.0. The lowest BCUT2D eigenvalue weighted by Gasteiger charge is -2.18. The highest BCUT2D eigenvalue weighted by molar-refractivity contribution is 9.10. The molecule has 0 bridgehead atoms. The molecule has 2 N–H and O–H groups in total. The number of fused-ring (bicyclic) bond motifs is 1. The van der Waals surface area contributed by atoms with Crippen molar-refractivity contribution in [2.45, 2.75) is 5.92 Å². The first-order valence-electron chi connectivity index (χ1n) is 9.99. The third-order valence-corrected chi connectivity index (χ3v) is 5.73. The zero-order valence-corrected chi connectivity index (χ0v) is 18.7. The number of methoxy groups -OCH3 is 1. The second-order valence-corrected chi connectivity index (χ2v) is 8.08. The molecule has 1 heterocycles. The predicted molar refractivity (Wildman–Crippen MR) is 126 cm³/mol. The van der Waals surface area contributed by atoms with Crippen LogP contribution in [-0.2, 0) is 4.79 Å². The monoisotopic (exact) mass is 478 g/mol. The summed E-state index contributed by atoms with van der Waals surface area (Å²) in [5.74, 6) is 1.21. The van der Waals surface area contributed by atoms with Crippen molar-refractivity contribution in [3.63, 3.8) is 0 Å². The van der Waals surface area contributed by atoms with Crippen LogP contribution in [0, 0.1) is 0 Å². The van der Waals surface area contributed by atoms with E-state index in [1.165, 1.54) is 0 Å². The zero-order chi connectivity index (χ0) is 21.6. The Labute approximate surface area is 189 Å². The maximum Gasteiger partial charge on any atom is 0.257 e. The molecule has 3 aromatic carbocycles. The van der Waals surface area contributed by atoms with Gasteiger partial charge in [-0.25, -0.2) is 0 Å². The highest BCUT2D eigenvalue weighted by atomic mass is 79.9. The van der Waals surface area contributed by atoms with Gasteiger partial charge in [0.1, 0.15) is 11.5 Å². The molecule has 4 rings (SSSR count). The van der Waals surface area contributed by atoms with E-state index in [0.717, 1.165) is 32.3 Å². The Morgan fingerprint density at radius 1 is 1.00 bits per heavy atom. The maximum absolute atomic E-state index is 12.5. The molecule has 5 nitrogen and oxygen atoms in total. The number of aromatic nitrogens is 1. The first-order chi connectivity index (χ1) is 15.1. The summed E-state index contributed by atoms with van der Waals surface area (Å²) in [7, 11) is 1.61. The van der Waals surface area contributed by atoms with E-state index in [4.69, 9.17) is 9.47 Å². The summed E-state index contributed by atoms with van der Waals surface area (Å²) in [6, 6.07) is 23.5. The van der Waals surface area contributed by atoms with Crippen molar-refractivity contribution in [3.8, 4) is 11.5 Å². The van der Waals surface area contributed by atoms with Gasteiger partial charge in [-0.05, 0) is 53.6 Å². The third-order valence-electron chi connectivity index (χ3n) is 5.20. The Kier molecular flexibility index (Phi) is 6.57. The smallest absolute Gasteiger partial charge is 0.257 e. The van der Waals surface area contributed by atoms with E-state index in [9.17, 15) is 4.79 Å². The molecule has 4 aromatic rings. The lowest BCUT2D eigenvalue weighted by molar-refractivity contribution is -0.123. The van der Waals surface area contributed by atoms with Gasteiger partial charge in [-0.3, -0.25) is 4.79 Å². The molecule has 0 spiro atoms. The van der Waals surface area contributed by atoms with Crippen molar-refractivity contribution in [2.24, 2.45) is 0 Å². The van der Waals surface area contributed by atoms with Crippen LogP contribution in [0.4, 0.5) is 0 Å². The molecule has 158 valence electrons. The fourth-order valence-corrected chi connectivity index (χ4v) is 3.84. The molecule has 0 radical (unpaired) electrons. The van der Waals surface area contributed by atoms with Crippen LogP contribution in [0.5, 0.6) is 11.5 Å². The van der Waals surface area contributed by atoms with E-state index in [0.29, 0.717) is 12.3 Å². The largest absolute Gasteiger partial charge is 0.497 e. The van der Waals surface area contributed by atoms with Gasteiger partial charge in [0, 0.05) is 34.0 Å². The molecule has 0 fully saturated rings. The summed E-state index contributed by atoms with van der Waals surface area (Å²) in [6.45, 7) is 0.418. The molecule has 1 unspecified atom stereocenters. The number of H-pyrrole nitrogens is 1. The highest BCUT2D eigenvalue weighted by Gasteiger charge is 2.19. The van der Waals surface area contributed by atoms with Crippen molar-refractivity contribution in [2.75, 3.05) is 20.3 Å². The number of nitrogens with one attached hydrogen (secondary N) is 2. The number of amides is 1. The summed E-state index contributed by atoms with van der Waals surface area (Å²) in [5.41, 5.74) is 3.35. The summed E-state index contributed by atoms with van der Waals surface area (Å²) in [5, 5.41) is 4.18. The van der Waals surface area contributed by atoms with Gasteiger partial charge in [0.2, 0.25) is 0 Å². The van der Waals surface area contributed by atoms with Crippen molar-refractivity contribution in [3.05, 3.63) is 94.6 Å². The van der Waals surface area contributed by atoms with Crippen molar-refractivity contribution in [1.29, 1.82) is 0 Å². The van der Waals surface area contributed by atoms with Crippen molar-refractivity contribution >= 4 is 32.7 Å². The van der Waals surface area contributed by atoms with Crippen molar-refractivity contribution in [1.82, 2.24) is 10.3 Å². The van der Waals surface area contributed by atoms with E-state index in [1.807, 2.05) is 30.5 Å². The molecule has 0 aliphatic heterocycles. The molecular formula is C25H23BrN2O3. The van der Waals surface area contributed by atoms with E-state index in [-0.39, 0.29) is 18.4 Å². The van der Waals surface area contributed by atoms with Gasteiger partial charge in [0.05, 0.1) is 7.11 Å². The average molecular weight is 479 g/mol. The van der Waals surface area contributed by atoms with Gasteiger partial charge < -0.3 is 19.8 Å². The molecule has 1 aromatic heterocycles. The number of para-hydroxylation sites is 1. The van der Waals surface area contributed by atoms with E-state index in [1.54, 1.807) is 31.4 Å². The highest BCUT2D eigenvalue weighted by Crippen LogP contribution is 2.31. The van der Waals surface area contributed by atoms with Crippen LogP contribution in [0.3, 0.4) is 0 Å². The lowest BCUT2D eigenvalue weighted by atomic mass is 9.91.